The Hall–Kier alpha value is -1.40. The van der Waals surface area contributed by atoms with E-state index in [1.54, 1.807) is 11.3 Å². The van der Waals surface area contributed by atoms with Crippen molar-refractivity contribution in [2.75, 3.05) is 13.2 Å². The maximum Gasteiger partial charge on any atom is 0.279 e. The lowest BCUT2D eigenvalue weighted by atomic mass is 10.1. The number of carbonyl (C=O) groups excluding carboxylic acids is 2. The van der Waals surface area contributed by atoms with Gasteiger partial charge in [0.05, 0.1) is 17.9 Å². The summed E-state index contributed by atoms with van der Waals surface area (Å²) >= 11 is 1.55. The normalized spacial score (nSPS) is 14.2. The van der Waals surface area contributed by atoms with Crippen molar-refractivity contribution in [1.82, 2.24) is 10.9 Å². The molecular formula is C17H26N2O3S. The van der Waals surface area contributed by atoms with E-state index in [1.807, 2.05) is 6.07 Å². The largest absolute Gasteiger partial charge is 0.381 e. The van der Waals surface area contributed by atoms with Gasteiger partial charge >= 0.3 is 0 Å². The number of rotatable bonds is 6. The standard InChI is InChI=1S/C17H26N2O3S/c1-12(2)11-22-9-8-16(20)18-19-17(21)15-10-13-6-4-3-5-7-14(13)23-15/h10,12H,3-9,11H2,1-2H3,(H,18,20)(H,19,21). The quantitative estimate of drug-likeness (QED) is 0.476. The number of ether oxygens (including phenoxy) is 1. The van der Waals surface area contributed by atoms with Crippen LogP contribution >= 0.6 is 11.3 Å². The van der Waals surface area contributed by atoms with Crippen LogP contribution < -0.4 is 10.9 Å². The third kappa shape index (κ3) is 5.95. The molecule has 0 unspecified atom stereocenters. The molecule has 0 radical (unpaired) electrons. The summed E-state index contributed by atoms with van der Waals surface area (Å²) in [6, 6.07) is 1.97. The van der Waals surface area contributed by atoms with Crippen molar-refractivity contribution in [3.8, 4) is 0 Å². The molecule has 0 saturated heterocycles. The van der Waals surface area contributed by atoms with Gasteiger partial charge in [-0.05, 0) is 43.2 Å². The van der Waals surface area contributed by atoms with Gasteiger partial charge in [0.15, 0.2) is 0 Å². The van der Waals surface area contributed by atoms with Crippen molar-refractivity contribution in [1.29, 1.82) is 0 Å². The SMILES string of the molecule is CC(C)COCCC(=O)NNC(=O)c1cc2c(s1)CCCCC2. The highest BCUT2D eigenvalue weighted by Crippen LogP contribution is 2.28. The van der Waals surface area contributed by atoms with E-state index in [0.29, 0.717) is 24.0 Å². The molecule has 1 aromatic rings. The van der Waals surface area contributed by atoms with Crippen LogP contribution in [0.25, 0.3) is 0 Å². The van der Waals surface area contributed by atoms with Crippen LogP contribution in [0.2, 0.25) is 0 Å². The highest BCUT2D eigenvalue weighted by atomic mass is 32.1. The summed E-state index contributed by atoms with van der Waals surface area (Å²) in [5.41, 5.74) is 6.24. The number of hydrogen-bond acceptors (Lipinski definition) is 4. The topological polar surface area (TPSA) is 67.4 Å². The Morgan fingerprint density at radius 3 is 2.78 bits per heavy atom. The van der Waals surface area contributed by atoms with Gasteiger partial charge in [-0.25, -0.2) is 0 Å². The molecule has 1 aliphatic rings. The number of aryl methyl sites for hydroxylation is 2. The molecule has 0 bridgehead atoms. The molecule has 2 amide bonds. The second kappa shape index (κ2) is 9.03. The molecule has 1 aromatic heterocycles. The number of hydrazine groups is 1. The third-order valence-corrected chi connectivity index (χ3v) is 4.95. The smallest absolute Gasteiger partial charge is 0.279 e. The van der Waals surface area contributed by atoms with Gasteiger partial charge in [0.25, 0.3) is 5.91 Å². The van der Waals surface area contributed by atoms with E-state index in [2.05, 4.69) is 24.7 Å². The molecule has 0 saturated carbocycles. The lowest BCUT2D eigenvalue weighted by molar-refractivity contribution is -0.123. The molecule has 0 fully saturated rings. The predicted molar refractivity (Wildman–Crippen MR) is 91.5 cm³/mol. The maximum atomic E-state index is 12.1. The van der Waals surface area contributed by atoms with Gasteiger partial charge in [-0.15, -0.1) is 11.3 Å². The van der Waals surface area contributed by atoms with Crippen molar-refractivity contribution in [3.63, 3.8) is 0 Å². The second-order valence-corrected chi connectivity index (χ2v) is 7.48. The zero-order chi connectivity index (χ0) is 16.7. The van der Waals surface area contributed by atoms with Crippen molar-refractivity contribution >= 4 is 23.2 Å². The predicted octanol–water partition coefficient (Wildman–Crippen LogP) is 2.84. The van der Waals surface area contributed by atoms with E-state index in [-0.39, 0.29) is 18.2 Å². The number of nitrogens with one attached hydrogen (secondary N) is 2. The molecule has 6 heteroatoms. The van der Waals surface area contributed by atoms with Crippen LogP contribution in [0.3, 0.4) is 0 Å². The molecule has 1 heterocycles. The highest BCUT2D eigenvalue weighted by molar-refractivity contribution is 7.14. The van der Waals surface area contributed by atoms with E-state index in [4.69, 9.17) is 4.74 Å². The van der Waals surface area contributed by atoms with E-state index in [9.17, 15) is 9.59 Å². The molecular weight excluding hydrogens is 312 g/mol. The minimum Gasteiger partial charge on any atom is -0.381 e. The fraction of sp³-hybridized carbons (Fsp3) is 0.647. The first kappa shape index (κ1) is 17.9. The summed E-state index contributed by atoms with van der Waals surface area (Å²) in [6.45, 7) is 5.12. The third-order valence-electron chi connectivity index (χ3n) is 3.71. The molecule has 2 rings (SSSR count). The van der Waals surface area contributed by atoms with Crippen LogP contribution in [-0.2, 0) is 22.4 Å². The lowest BCUT2D eigenvalue weighted by Gasteiger charge is -2.08. The summed E-state index contributed by atoms with van der Waals surface area (Å²) in [5.74, 6) is -0.0217. The molecule has 23 heavy (non-hydrogen) atoms. The fourth-order valence-corrected chi connectivity index (χ4v) is 3.66. The number of fused-ring (bicyclic) bond motifs is 1. The van der Waals surface area contributed by atoms with Crippen LogP contribution in [0.1, 0.15) is 59.6 Å². The first-order valence-electron chi connectivity index (χ1n) is 8.34. The molecule has 1 aliphatic carbocycles. The van der Waals surface area contributed by atoms with Gasteiger partial charge in [0, 0.05) is 11.5 Å². The molecule has 0 atom stereocenters. The van der Waals surface area contributed by atoms with Gasteiger partial charge in [-0.3, -0.25) is 20.4 Å². The van der Waals surface area contributed by atoms with Crippen LogP contribution in [0.4, 0.5) is 0 Å². The van der Waals surface area contributed by atoms with E-state index < -0.39 is 0 Å². The summed E-state index contributed by atoms with van der Waals surface area (Å²) in [6.07, 6.45) is 6.01. The van der Waals surface area contributed by atoms with Crippen molar-refractivity contribution in [3.05, 3.63) is 21.4 Å². The molecule has 0 aliphatic heterocycles. The number of thiophene rings is 1. The zero-order valence-electron chi connectivity index (χ0n) is 13.9. The minimum atomic E-state index is -0.237. The second-order valence-electron chi connectivity index (χ2n) is 6.34. The Labute approximate surface area is 141 Å². The van der Waals surface area contributed by atoms with Crippen LogP contribution in [-0.4, -0.2) is 25.0 Å². The minimum absolute atomic E-state index is 0.236. The average Bonchev–Trinajstić information content (AvgIpc) is 2.80. The van der Waals surface area contributed by atoms with Crippen LogP contribution in [0.5, 0.6) is 0 Å². The first-order valence-corrected chi connectivity index (χ1v) is 9.16. The van der Waals surface area contributed by atoms with Gasteiger partial charge in [0.1, 0.15) is 0 Å². The van der Waals surface area contributed by atoms with Crippen LogP contribution in [0.15, 0.2) is 6.07 Å². The van der Waals surface area contributed by atoms with Gasteiger partial charge in [-0.1, -0.05) is 20.3 Å². The lowest BCUT2D eigenvalue weighted by Crippen LogP contribution is -2.41. The average molecular weight is 338 g/mol. The number of amides is 2. The highest BCUT2D eigenvalue weighted by Gasteiger charge is 2.16. The molecule has 128 valence electrons. The fourth-order valence-electron chi connectivity index (χ4n) is 2.51. The van der Waals surface area contributed by atoms with Crippen LogP contribution in [0, 0.1) is 5.92 Å². The summed E-state index contributed by atoms with van der Waals surface area (Å²) < 4.78 is 5.35. The van der Waals surface area contributed by atoms with Gasteiger partial charge in [0.2, 0.25) is 5.91 Å². The number of hydrogen-bond donors (Lipinski definition) is 2. The first-order chi connectivity index (χ1) is 11.1. The van der Waals surface area contributed by atoms with Crippen molar-refractivity contribution in [2.24, 2.45) is 5.92 Å². The van der Waals surface area contributed by atoms with E-state index in [1.165, 1.54) is 29.7 Å². The summed E-state index contributed by atoms with van der Waals surface area (Å²) in [7, 11) is 0. The van der Waals surface area contributed by atoms with Crippen molar-refractivity contribution < 1.29 is 14.3 Å². The Kier molecular flexibility index (Phi) is 7.05. The summed E-state index contributed by atoms with van der Waals surface area (Å²) in [5, 5.41) is 0. The Morgan fingerprint density at radius 1 is 1.22 bits per heavy atom. The zero-order valence-corrected chi connectivity index (χ0v) is 14.8. The Morgan fingerprint density at radius 2 is 2.00 bits per heavy atom. The molecule has 2 N–H and O–H groups in total. The monoisotopic (exact) mass is 338 g/mol. The maximum absolute atomic E-state index is 12.1. The van der Waals surface area contributed by atoms with Gasteiger partial charge in [-0.2, -0.15) is 0 Å². The Balaban J connectivity index is 1.73. The Bertz CT molecular complexity index is 516. The number of carbonyl (C=O) groups is 2. The van der Waals surface area contributed by atoms with E-state index in [0.717, 1.165) is 12.8 Å². The molecule has 0 spiro atoms. The molecule has 5 nitrogen and oxygen atoms in total. The van der Waals surface area contributed by atoms with Gasteiger partial charge < -0.3 is 4.74 Å². The summed E-state index contributed by atoms with van der Waals surface area (Å²) in [4.78, 5) is 25.8. The molecule has 0 aromatic carbocycles. The van der Waals surface area contributed by atoms with E-state index >= 15 is 0 Å². The van der Waals surface area contributed by atoms with Crippen molar-refractivity contribution in [2.45, 2.75) is 52.4 Å².